The van der Waals surface area contributed by atoms with Gasteiger partial charge in [-0.3, -0.25) is 0 Å². The van der Waals surface area contributed by atoms with E-state index in [0.717, 1.165) is 23.7 Å². The van der Waals surface area contributed by atoms with Crippen LogP contribution in [0.3, 0.4) is 0 Å². The van der Waals surface area contributed by atoms with E-state index in [0.29, 0.717) is 0 Å². The number of rotatable bonds is 16. The van der Waals surface area contributed by atoms with Crippen LogP contribution < -0.4 is 0 Å². The van der Waals surface area contributed by atoms with E-state index in [1.165, 1.54) is 51.4 Å². The monoisotopic (exact) mass is 460 g/mol. The molecule has 0 N–H and O–H groups in total. The molecule has 0 aromatic heterocycles. The molecule has 0 amide bonds. The van der Waals surface area contributed by atoms with Crippen LogP contribution >= 0.6 is 0 Å². The molecule has 0 aliphatic rings. The number of hydrogen-bond acceptors (Lipinski definition) is 0. The molecular formula is C24H52Sn. The first-order chi connectivity index (χ1) is 11.8. The number of unbranched alkanes of at least 4 members (excludes halogenated alkanes) is 2. The zero-order valence-corrected chi connectivity index (χ0v) is 22.1. The second-order valence-corrected chi connectivity index (χ2v) is 23.2. The van der Waals surface area contributed by atoms with Gasteiger partial charge in [-0.1, -0.05) is 0 Å². The Balaban J connectivity index is 5.37. The van der Waals surface area contributed by atoms with Gasteiger partial charge in [0.2, 0.25) is 0 Å². The molecule has 0 aromatic carbocycles. The third-order valence-corrected chi connectivity index (χ3v) is 24.1. The van der Waals surface area contributed by atoms with Crippen molar-refractivity contribution in [3.8, 4) is 0 Å². The van der Waals surface area contributed by atoms with Crippen LogP contribution in [-0.2, 0) is 0 Å². The molecule has 0 nitrogen and oxygen atoms in total. The minimum atomic E-state index is -2.10. The molecule has 0 fully saturated rings. The standard InChI is InChI=1S/2C8H17.2C4H9.Sn/c2*1-4-6-7-8(3)5-2;2*1-4(2)3;/h2*8H,3-7H2,1-2H3;2*4H,1H2,2-3H3;. The van der Waals surface area contributed by atoms with E-state index in [1.807, 2.05) is 0 Å². The summed E-state index contributed by atoms with van der Waals surface area (Å²) in [4.78, 5) is 0. The predicted molar refractivity (Wildman–Crippen MR) is 121 cm³/mol. The van der Waals surface area contributed by atoms with Crippen molar-refractivity contribution in [3.05, 3.63) is 0 Å². The van der Waals surface area contributed by atoms with E-state index in [1.54, 1.807) is 17.7 Å². The molecule has 0 radical (unpaired) electrons. The topological polar surface area (TPSA) is 0 Å². The average molecular weight is 459 g/mol. The van der Waals surface area contributed by atoms with E-state index in [4.69, 9.17) is 0 Å². The maximum atomic E-state index is 2.51. The normalized spacial score (nSPS) is 15.1. The predicted octanol–water partition coefficient (Wildman–Crippen LogP) is 9.18. The molecule has 0 spiro atoms. The molecule has 0 aromatic rings. The van der Waals surface area contributed by atoms with Crippen molar-refractivity contribution in [2.45, 2.75) is 125 Å². The quantitative estimate of drug-likeness (QED) is 0.202. The SMILES string of the molecule is CCCCC(CC)[CH2][Sn]([CH2]C(C)C)([CH2]C(C)C)[CH2]C(CC)CCCC. The van der Waals surface area contributed by atoms with Gasteiger partial charge in [-0.15, -0.1) is 0 Å². The Bertz CT molecular complexity index is 264. The van der Waals surface area contributed by atoms with Crippen molar-refractivity contribution >= 4 is 18.4 Å². The molecule has 0 saturated heterocycles. The van der Waals surface area contributed by atoms with Gasteiger partial charge in [0.05, 0.1) is 0 Å². The Labute approximate surface area is 166 Å². The summed E-state index contributed by atoms with van der Waals surface area (Å²) in [6.07, 6.45) is 11.5. The van der Waals surface area contributed by atoms with E-state index in [9.17, 15) is 0 Å². The van der Waals surface area contributed by atoms with Crippen molar-refractivity contribution in [1.82, 2.24) is 0 Å². The first-order valence-corrected chi connectivity index (χ1v) is 19.9. The molecule has 2 unspecified atom stereocenters. The van der Waals surface area contributed by atoms with Crippen molar-refractivity contribution in [2.75, 3.05) is 0 Å². The Kier molecular flexibility index (Phi) is 15.3. The fraction of sp³-hybridized carbons (Fsp3) is 1.00. The Morgan fingerprint density at radius 2 is 0.920 bits per heavy atom. The van der Waals surface area contributed by atoms with Gasteiger partial charge in [0.25, 0.3) is 0 Å². The Morgan fingerprint density at radius 3 is 1.16 bits per heavy atom. The second kappa shape index (κ2) is 14.8. The summed E-state index contributed by atoms with van der Waals surface area (Å²) in [6.45, 7) is 19.7. The second-order valence-electron chi connectivity index (χ2n) is 9.94. The van der Waals surface area contributed by atoms with Gasteiger partial charge < -0.3 is 0 Å². The average Bonchev–Trinajstić information content (AvgIpc) is 2.54. The molecule has 0 aliphatic carbocycles. The molecule has 0 saturated carbocycles. The molecule has 0 bridgehead atoms. The van der Waals surface area contributed by atoms with E-state index < -0.39 is 18.4 Å². The van der Waals surface area contributed by atoms with Crippen molar-refractivity contribution < 1.29 is 0 Å². The molecule has 0 rings (SSSR count). The summed E-state index contributed by atoms with van der Waals surface area (Å²) >= 11 is -2.10. The molecule has 25 heavy (non-hydrogen) atoms. The molecular weight excluding hydrogens is 407 g/mol. The molecule has 1 heteroatoms. The van der Waals surface area contributed by atoms with Gasteiger partial charge in [0.15, 0.2) is 0 Å². The fourth-order valence-corrected chi connectivity index (χ4v) is 27.9. The summed E-state index contributed by atoms with van der Waals surface area (Å²) in [5, 5.41) is 0. The summed E-state index contributed by atoms with van der Waals surface area (Å²) in [6, 6.07) is 0. The van der Waals surface area contributed by atoms with Gasteiger partial charge in [0.1, 0.15) is 0 Å². The maximum absolute atomic E-state index is 2.51. The van der Waals surface area contributed by atoms with Crippen LogP contribution in [0.4, 0.5) is 0 Å². The van der Waals surface area contributed by atoms with Crippen molar-refractivity contribution in [2.24, 2.45) is 23.7 Å². The summed E-state index contributed by atoms with van der Waals surface area (Å²) < 4.78 is 6.70. The van der Waals surface area contributed by atoms with Crippen LogP contribution in [-0.4, -0.2) is 18.4 Å². The fourth-order valence-electron chi connectivity index (χ4n) is 5.34. The Hall–Kier alpha value is 0.799. The summed E-state index contributed by atoms with van der Waals surface area (Å²) in [5.74, 6) is 3.91. The van der Waals surface area contributed by atoms with Crippen LogP contribution in [0, 0.1) is 23.7 Å². The van der Waals surface area contributed by atoms with E-state index in [2.05, 4.69) is 55.4 Å². The molecule has 0 heterocycles. The Morgan fingerprint density at radius 1 is 0.560 bits per heavy atom. The minimum absolute atomic E-state index is 0.918. The van der Waals surface area contributed by atoms with Crippen LogP contribution in [0.15, 0.2) is 0 Å². The van der Waals surface area contributed by atoms with E-state index in [-0.39, 0.29) is 0 Å². The van der Waals surface area contributed by atoms with Gasteiger partial charge in [-0.05, 0) is 0 Å². The van der Waals surface area contributed by atoms with Gasteiger partial charge >= 0.3 is 167 Å². The van der Waals surface area contributed by atoms with Gasteiger partial charge in [0, 0.05) is 0 Å². The molecule has 2 atom stereocenters. The molecule has 152 valence electrons. The van der Waals surface area contributed by atoms with Crippen molar-refractivity contribution in [1.29, 1.82) is 0 Å². The third-order valence-electron chi connectivity index (χ3n) is 6.21. The first-order valence-electron chi connectivity index (χ1n) is 11.8. The third kappa shape index (κ3) is 12.0. The summed E-state index contributed by atoms with van der Waals surface area (Å²) in [7, 11) is 0. The van der Waals surface area contributed by atoms with Crippen molar-refractivity contribution in [3.63, 3.8) is 0 Å². The molecule has 0 aliphatic heterocycles. The van der Waals surface area contributed by atoms with Crippen LogP contribution in [0.1, 0.15) is 107 Å². The van der Waals surface area contributed by atoms with Crippen LogP contribution in [0.2, 0.25) is 17.7 Å². The number of hydrogen-bond donors (Lipinski definition) is 0. The zero-order valence-electron chi connectivity index (χ0n) is 19.3. The van der Waals surface area contributed by atoms with Crippen LogP contribution in [0.25, 0.3) is 0 Å². The van der Waals surface area contributed by atoms with Gasteiger partial charge in [-0.25, -0.2) is 0 Å². The summed E-state index contributed by atoms with van der Waals surface area (Å²) in [5.41, 5.74) is 0. The van der Waals surface area contributed by atoms with Gasteiger partial charge in [-0.2, -0.15) is 0 Å². The zero-order chi connectivity index (χ0) is 19.3. The first kappa shape index (κ1) is 25.8. The van der Waals surface area contributed by atoms with E-state index >= 15 is 0 Å². The van der Waals surface area contributed by atoms with Crippen LogP contribution in [0.5, 0.6) is 0 Å².